The second-order valence-electron chi connectivity index (χ2n) is 5.09. The maximum atomic E-state index is 11.4. The molecule has 0 spiro atoms. The Morgan fingerprint density at radius 2 is 1.60 bits per heavy atom. The molecule has 3 heteroatoms. The molecular weight excluding hydrogens is 252 g/mol. The van der Waals surface area contributed by atoms with Crippen LogP contribution >= 0.6 is 0 Å². The summed E-state index contributed by atoms with van der Waals surface area (Å²) >= 11 is 0. The van der Waals surface area contributed by atoms with E-state index in [-0.39, 0.29) is 5.97 Å². The zero-order valence-corrected chi connectivity index (χ0v) is 13.2. The van der Waals surface area contributed by atoms with E-state index in [0.29, 0.717) is 31.7 Å². The van der Waals surface area contributed by atoms with Crippen molar-refractivity contribution in [1.29, 1.82) is 0 Å². The Bertz CT molecular complexity index is 282. The highest BCUT2D eigenvalue weighted by atomic mass is 16.5. The molecule has 0 N–H and O–H groups in total. The predicted octanol–water partition coefficient (Wildman–Crippen LogP) is 4.60. The van der Waals surface area contributed by atoms with E-state index in [1.165, 1.54) is 0 Å². The number of esters is 1. The Kier molecular flexibility index (Phi) is 13.5. The summed E-state index contributed by atoms with van der Waals surface area (Å²) in [5.74, 6) is 0.268. The molecule has 0 aromatic carbocycles. The van der Waals surface area contributed by atoms with Crippen molar-refractivity contribution in [3.05, 3.63) is 12.2 Å². The first kappa shape index (κ1) is 18.9. The van der Waals surface area contributed by atoms with Gasteiger partial charge in [-0.25, -0.2) is 0 Å². The van der Waals surface area contributed by atoms with Crippen LogP contribution in [0.4, 0.5) is 0 Å². The third-order valence-corrected chi connectivity index (χ3v) is 3.07. The summed E-state index contributed by atoms with van der Waals surface area (Å²) in [5.41, 5.74) is 0. The summed E-state index contributed by atoms with van der Waals surface area (Å²) in [6.45, 7) is 4.60. The Morgan fingerprint density at radius 3 is 2.25 bits per heavy atom. The lowest BCUT2D eigenvalue weighted by atomic mass is 10.1. The number of rotatable bonds is 13. The van der Waals surface area contributed by atoms with Gasteiger partial charge in [0.1, 0.15) is 5.78 Å². The molecule has 0 amide bonds. The number of ether oxygens (including phenoxy) is 1. The van der Waals surface area contributed by atoms with Gasteiger partial charge in [-0.15, -0.1) is 0 Å². The van der Waals surface area contributed by atoms with E-state index in [9.17, 15) is 9.59 Å². The summed E-state index contributed by atoms with van der Waals surface area (Å²) in [6, 6.07) is 0. The average molecular weight is 282 g/mol. The van der Waals surface area contributed by atoms with Crippen LogP contribution in [-0.2, 0) is 14.3 Å². The molecule has 0 saturated carbocycles. The molecule has 0 fully saturated rings. The van der Waals surface area contributed by atoms with Crippen molar-refractivity contribution in [2.24, 2.45) is 0 Å². The minimum atomic E-state index is -0.100. The summed E-state index contributed by atoms with van der Waals surface area (Å²) in [6.07, 6.45) is 12.6. The number of hydrogen-bond acceptors (Lipinski definition) is 3. The zero-order valence-electron chi connectivity index (χ0n) is 13.2. The van der Waals surface area contributed by atoms with Gasteiger partial charge in [-0.2, -0.15) is 0 Å². The molecule has 0 rings (SSSR count). The van der Waals surface area contributed by atoms with E-state index in [1.807, 2.05) is 13.0 Å². The lowest BCUT2D eigenvalue weighted by Crippen LogP contribution is -2.05. The number of allylic oxidation sites excluding steroid dienone is 1. The Balaban J connectivity index is 3.31. The number of Topliss-reactive ketones (excluding diaryl/α,β-unsaturated/α-hetero) is 1. The zero-order chi connectivity index (χ0) is 15.1. The number of carbonyl (C=O) groups excluding carboxylic acids is 2. The summed E-state index contributed by atoms with van der Waals surface area (Å²) < 4.78 is 5.12. The van der Waals surface area contributed by atoms with Crippen LogP contribution in [0.15, 0.2) is 12.2 Å². The fourth-order valence-electron chi connectivity index (χ4n) is 1.95. The van der Waals surface area contributed by atoms with Crippen LogP contribution in [0.1, 0.15) is 78.1 Å². The van der Waals surface area contributed by atoms with Gasteiger partial charge in [0.2, 0.25) is 0 Å². The first-order valence-corrected chi connectivity index (χ1v) is 8.03. The highest BCUT2D eigenvalue weighted by molar-refractivity contribution is 5.78. The van der Waals surface area contributed by atoms with Crippen molar-refractivity contribution in [2.75, 3.05) is 6.61 Å². The molecule has 0 aromatic heterocycles. The molecule has 0 atom stereocenters. The molecule has 0 unspecified atom stereocenters. The largest absolute Gasteiger partial charge is 0.465 e. The minimum Gasteiger partial charge on any atom is -0.465 e. The van der Waals surface area contributed by atoms with Crippen LogP contribution in [0, 0.1) is 0 Å². The lowest BCUT2D eigenvalue weighted by Gasteiger charge is -2.03. The average Bonchev–Trinajstić information content (AvgIpc) is 2.42. The van der Waals surface area contributed by atoms with Crippen molar-refractivity contribution >= 4 is 11.8 Å². The van der Waals surface area contributed by atoms with Crippen LogP contribution in [0.3, 0.4) is 0 Å². The molecule has 116 valence electrons. The fraction of sp³-hybridized carbons (Fsp3) is 0.765. The van der Waals surface area contributed by atoms with Crippen LogP contribution in [0.25, 0.3) is 0 Å². The van der Waals surface area contributed by atoms with E-state index in [1.54, 1.807) is 0 Å². The summed E-state index contributed by atoms with van der Waals surface area (Å²) in [7, 11) is 0. The molecule has 0 heterocycles. The van der Waals surface area contributed by atoms with Gasteiger partial charge in [0.25, 0.3) is 0 Å². The third-order valence-electron chi connectivity index (χ3n) is 3.07. The van der Waals surface area contributed by atoms with Gasteiger partial charge in [0.15, 0.2) is 0 Å². The van der Waals surface area contributed by atoms with Crippen LogP contribution < -0.4 is 0 Å². The van der Waals surface area contributed by atoms with Gasteiger partial charge in [0, 0.05) is 19.3 Å². The van der Waals surface area contributed by atoms with E-state index >= 15 is 0 Å². The van der Waals surface area contributed by atoms with E-state index in [0.717, 1.165) is 44.9 Å². The van der Waals surface area contributed by atoms with Gasteiger partial charge in [-0.1, -0.05) is 38.8 Å². The number of hydrogen-bond donors (Lipinski definition) is 0. The molecule has 0 aliphatic rings. The number of unbranched alkanes of at least 4 members (excludes halogenated alkanes) is 3. The second-order valence-corrected chi connectivity index (χ2v) is 5.09. The molecular formula is C17H30O3. The highest BCUT2D eigenvalue weighted by Crippen LogP contribution is 2.08. The minimum absolute atomic E-state index is 0.100. The topological polar surface area (TPSA) is 43.4 Å². The predicted molar refractivity (Wildman–Crippen MR) is 82.6 cm³/mol. The smallest absolute Gasteiger partial charge is 0.305 e. The Morgan fingerprint density at radius 1 is 0.900 bits per heavy atom. The molecule has 0 radical (unpaired) electrons. The Hall–Kier alpha value is -1.12. The third kappa shape index (κ3) is 13.3. The van der Waals surface area contributed by atoms with E-state index in [4.69, 9.17) is 4.74 Å². The van der Waals surface area contributed by atoms with Gasteiger partial charge in [-0.05, 0) is 32.1 Å². The normalized spacial score (nSPS) is 10.9. The second kappa shape index (κ2) is 14.3. The van der Waals surface area contributed by atoms with Crippen molar-refractivity contribution in [1.82, 2.24) is 0 Å². The van der Waals surface area contributed by atoms with E-state index in [2.05, 4.69) is 13.0 Å². The summed E-state index contributed by atoms with van der Waals surface area (Å²) in [5, 5.41) is 0. The molecule has 3 nitrogen and oxygen atoms in total. The molecule has 0 bridgehead atoms. The number of ketones is 1. The van der Waals surface area contributed by atoms with Crippen LogP contribution in [-0.4, -0.2) is 18.4 Å². The van der Waals surface area contributed by atoms with Gasteiger partial charge in [-0.3, -0.25) is 9.59 Å². The maximum absolute atomic E-state index is 11.4. The van der Waals surface area contributed by atoms with Crippen LogP contribution in [0.2, 0.25) is 0 Å². The lowest BCUT2D eigenvalue weighted by molar-refractivity contribution is -0.143. The molecule has 0 aliphatic heterocycles. The fourth-order valence-corrected chi connectivity index (χ4v) is 1.95. The molecule has 0 saturated heterocycles. The van der Waals surface area contributed by atoms with Gasteiger partial charge in [0.05, 0.1) is 6.61 Å². The monoisotopic (exact) mass is 282 g/mol. The molecule has 0 aromatic rings. The first-order chi connectivity index (χ1) is 9.70. The standard InChI is InChI=1S/C17H30O3/c1-3-5-6-11-15-20-17(19)14-10-8-7-9-13-16(18)12-4-2/h5-6H,3-4,7-15H2,1-2H3/b6-5+. The summed E-state index contributed by atoms with van der Waals surface area (Å²) in [4.78, 5) is 22.7. The van der Waals surface area contributed by atoms with Crippen molar-refractivity contribution in [3.63, 3.8) is 0 Å². The quantitative estimate of drug-likeness (QED) is 0.282. The van der Waals surface area contributed by atoms with Crippen molar-refractivity contribution < 1.29 is 14.3 Å². The van der Waals surface area contributed by atoms with Crippen molar-refractivity contribution in [3.8, 4) is 0 Å². The van der Waals surface area contributed by atoms with Crippen LogP contribution in [0.5, 0.6) is 0 Å². The number of carbonyl (C=O) groups is 2. The van der Waals surface area contributed by atoms with Gasteiger partial charge >= 0.3 is 5.97 Å². The highest BCUT2D eigenvalue weighted by Gasteiger charge is 2.03. The maximum Gasteiger partial charge on any atom is 0.305 e. The van der Waals surface area contributed by atoms with E-state index < -0.39 is 0 Å². The van der Waals surface area contributed by atoms with Crippen molar-refractivity contribution in [2.45, 2.75) is 78.1 Å². The molecule has 0 aliphatic carbocycles. The van der Waals surface area contributed by atoms with Gasteiger partial charge < -0.3 is 4.74 Å². The Labute approximate surface area is 123 Å². The first-order valence-electron chi connectivity index (χ1n) is 8.03. The SMILES string of the molecule is CC/C=C/CCOC(=O)CCCCCCC(=O)CCC. The molecule has 20 heavy (non-hydrogen) atoms.